The van der Waals surface area contributed by atoms with E-state index in [0.717, 1.165) is 9.75 Å². The van der Waals surface area contributed by atoms with Crippen LogP contribution in [0.25, 0.3) is 0 Å². The number of Topliss-reactive ketones (excluding diaryl/α,β-unsaturated/α-hetero) is 1. The van der Waals surface area contributed by atoms with E-state index in [0.29, 0.717) is 13.1 Å². The fraction of sp³-hybridized carbons (Fsp3) is 0.400. The van der Waals surface area contributed by atoms with Crippen molar-refractivity contribution in [2.24, 2.45) is 0 Å². The molecule has 0 fully saturated rings. The predicted molar refractivity (Wildman–Crippen MR) is 58.3 cm³/mol. The molecule has 1 rings (SSSR count). The molecule has 2 N–H and O–H groups in total. The molecule has 5 heteroatoms. The molecule has 0 aromatic carbocycles. The highest BCUT2D eigenvalue weighted by Gasteiger charge is 2.03. The van der Waals surface area contributed by atoms with Crippen LogP contribution in [0.4, 0.5) is 0 Å². The first-order valence-corrected chi connectivity index (χ1v) is 5.43. The fourth-order valence-electron chi connectivity index (χ4n) is 1.07. The Labute approximate surface area is 91.9 Å². The maximum Gasteiger partial charge on any atom is 0.304 e. The van der Waals surface area contributed by atoms with E-state index in [1.54, 1.807) is 6.07 Å². The molecule has 82 valence electrons. The van der Waals surface area contributed by atoms with Crippen molar-refractivity contribution in [1.82, 2.24) is 5.32 Å². The summed E-state index contributed by atoms with van der Waals surface area (Å²) in [5.41, 5.74) is 0. The lowest BCUT2D eigenvalue weighted by atomic mass is 10.3. The Kier molecular flexibility index (Phi) is 4.45. The zero-order valence-electron chi connectivity index (χ0n) is 8.45. The second-order valence-electron chi connectivity index (χ2n) is 3.14. The molecule has 0 aliphatic heterocycles. The van der Waals surface area contributed by atoms with Gasteiger partial charge in [-0.2, -0.15) is 0 Å². The molecule has 0 aliphatic carbocycles. The van der Waals surface area contributed by atoms with Crippen LogP contribution in [0.3, 0.4) is 0 Å². The van der Waals surface area contributed by atoms with Gasteiger partial charge in [0.15, 0.2) is 5.78 Å². The summed E-state index contributed by atoms with van der Waals surface area (Å²) in [6.07, 6.45) is 0.116. The Morgan fingerprint density at radius 1 is 1.47 bits per heavy atom. The van der Waals surface area contributed by atoms with Gasteiger partial charge >= 0.3 is 5.97 Å². The molecule has 0 saturated carbocycles. The first-order valence-electron chi connectivity index (χ1n) is 4.62. The van der Waals surface area contributed by atoms with Gasteiger partial charge in [-0.25, -0.2) is 0 Å². The first kappa shape index (κ1) is 11.9. The van der Waals surface area contributed by atoms with Crippen molar-refractivity contribution in [2.45, 2.75) is 19.9 Å². The number of ketones is 1. The lowest BCUT2D eigenvalue weighted by Crippen LogP contribution is -2.16. The topological polar surface area (TPSA) is 66.4 Å². The van der Waals surface area contributed by atoms with Crippen molar-refractivity contribution in [3.63, 3.8) is 0 Å². The summed E-state index contributed by atoms with van der Waals surface area (Å²) < 4.78 is 0. The molecule has 0 atom stereocenters. The number of hydrogen-bond donors (Lipinski definition) is 2. The van der Waals surface area contributed by atoms with Gasteiger partial charge < -0.3 is 10.4 Å². The highest BCUT2D eigenvalue weighted by molar-refractivity contribution is 7.14. The van der Waals surface area contributed by atoms with Gasteiger partial charge in [-0.3, -0.25) is 9.59 Å². The van der Waals surface area contributed by atoms with Crippen LogP contribution in [0.2, 0.25) is 0 Å². The number of carboxylic acid groups (broad SMARTS) is 1. The van der Waals surface area contributed by atoms with E-state index in [4.69, 9.17) is 5.11 Å². The lowest BCUT2D eigenvalue weighted by molar-refractivity contribution is -0.136. The maximum atomic E-state index is 11.0. The molecule has 0 unspecified atom stereocenters. The third kappa shape index (κ3) is 4.22. The molecule has 1 heterocycles. The van der Waals surface area contributed by atoms with E-state index in [2.05, 4.69) is 5.32 Å². The largest absolute Gasteiger partial charge is 0.481 e. The van der Waals surface area contributed by atoms with Crippen LogP contribution in [-0.4, -0.2) is 23.4 Å². The summed E-state index contributed by atoms with van der Waals surface area (Å²) in [5.74, 6) is -0.741. The van der Waals surface area contributed by atoms with Gasteiger partial charge in [0.25, 0.3) is 0 Å². The zero-order chi connectivity index (χ0) is 11.3. The fourth-order valence-corrected chi connectivity index (χ4v) is 1.94. The van der Waals surface area contributed by atoms with E-state index in [9.17, 15) is 9.59 Å². The Balaban J connectivity index is 2.31. The summed E-state index contributed by atoms with van der Waals surface area (Å²) in [6.45, 7) is 2.60. The minimum atomic E-state index is -0.807. The zero-order valence-corrected chi connectivity index (χ0v) is 9.26. The van der Waals surface area contributed by atoms with Crippen molar-refractivity contribution in [3.05, 3.63) is 21.9 Å². The summed E-state index contributed by atoms with van der Waals surface area (Å²) >= 11 is 1.44. The smallest absolute Gasteiger partial charge is 0.304 e. The molecule has 0 spiro atoms. The number of hydrogen-bond acceptors (Lipinski definition) is 4. The maximum absolute atomic E-state index is 11.0. The monoisotopic (exact) mass is 227 g/mol. The van der Waals surface area contributed by atoms with Gasteiger partial charge in [0.2, 0.25) is 0 Å². The summed E-state index contributed by atoms with van der Waals surface area (Å²) in [5, 5.41) is 11.4. The SMILES string of the molecule is CC(=O)c1ccc(CNCCC(=O)O)s1. The molecule has 0 bridgehead atoms. The molecular weight excluding hydrogens is 214 g/mol. The third-order valence-electron chi connectivity index (χ3n) is 1.82. The standard InChI is InChI=1S/C10H13NO3S/c1-7(12)9-3-2-8(15-9)6-11-5-4-10(13)14/h2-3,11H,4-6H2,1H3,(H,13,14). The molecule has 0 radical (unpaired) electrons. The first-order chi connectivity index (χ1) is 7.09. The van der Waals surface area contributed by atoms with E-state index in [-0.39, 0.29) is 12.2 Å². The number of rotatable bonds is 6. The van der Waals surface area contributed by atoms with E-state index >= 15 is 0 Å². The normalized spacial score (nSPS) is 10.2. The van der Waals surface area contributed by atoms with Crippen LogP contribution in [0.15, 0.2) is 12.1 Å². The Morgan fingerprint density at radius 2 is 2.20 bits per heavy atom. The van der Waals surface area contributed by atoms with Gasteiger partial charge in [0.1, 0.15) is 0 Å². The average molecular weight is 227 g/mol. The number of carbonyl (C=O) groups excluding carboxylic acids is 1. The average Bonchev–Trinajstić information content (AvgIpc) is 2.60. The van der Waals surface area contributed by atoms with Crippen molar-refractivity contribution < 1.29 is 14.7 Å². The van der Waals surface area contributed by atoms with Crippen LogP contribution >= 0.6 is 11.3 Å². The molecule has 0 aliphatic rings. The lowest BCUT2D eigenvalue weighted by Gasteiger charge is -1.99. The van der Waals surface area contributed by atoms with Gasteiger partial charge in [0, 0.05) is 18.0 Å². The number of thiophene rings is 1. The van der Waals surface area contributed by atoms with E-state index in [1.165, 1.54) is 18.3 Å². The van der Waals surface area contributed by atoms with Crippen molar-refractivity contribution in [2.75, 3.05) is 6.54 Å². The van der Waals surface area contributed by atoms with Crippen LogP contribution in [0.5, 0.6) is 0 Å². The number of carbonyl (C=O) groups is 2. The molecule has 0 saturated heterocycles. The van der Waals surface area contributed by atoms with Crippen molar-refractivity contribution in [3.8, 4) is 0 Å². The minimum Gasteiger partial charge on any atom is -0.481 e. The van der Waals surface area contributed by atoms with E-state index in [1.807, 2.05) is 6.07 Å². The molecule has 1 aromatic heterocycles. The quantitative estimate of drug-likeness (QED) is 0.571. The summed E-state index contributed by atoms with van der Waals surface area (Å²) in [4.78, 5) is 23.0. The number of aliphatic carboxylic acids is 1. The van der Waals surface area contributed by atoms with Gasteiger partial charge in [0.05, 0.1) is 11.3 Å². The highest BCUT2D eigenvalue weighted by atomic mass is 32.1. The van der Waals surface area contributed by atoms with Crippen molar-refractivity contribution >= 4 is 23.1 Å². The predicted octanol–water partition coefficient (Wildman–Crippen LogP) is 1.52. The van der Waals surface area contributed by atoms with Gasteiger partial charge in [-0.05, 0) is 19.1 Å². The highest BCUT2D eigenvalue weighted by Crippen LogP contribution is 2.16. The molecular formula is C10H13NO3S. The Bertz CT molecular complexity index is 359. The van der Waals surface area contributed by atoms with E-state index < -0.39 is 5.97 Å². The Morgan fingerprint density at radius 3 is 2.73 bits per heavy atom. The van der Waals surface area contributed by atoms with Crippen LogP contribution < -0.4 is 5.32 Å². The molecule has 4 nitrogen and oxygen atoms in total. The van der Waals surface area contributed by atoms with Crippen LogP contribution in [0, 0.1) is 0 Å². The number of nitrogens with one attached hydrogen (secondary N) is 1. The third-order valence-corrected chi connectivity index (χ3v) is 3.01. The number of carboxylic acids is 1. The van der Waals surface area contributed by atoms with Crippen LogP contribution in [-0.2, 0) is 11.3 Å². The van der Waals surface area contributed by atoms with Crippen molar-refractivity contribution in [1.29, 1.82) is 0 Å². The minimum absolute atomic E-state index is 0.0665. The Hall–Kier alpha value is -1.20. The second-order valence-corrected chi connectivity index (χ2v) is 4.31. The molecule has 1 aromatic rings. The second kappa shape index (κ2) is 5.63. The summed E-state index contributed by atoms with van der Waals surface area (Å²) in [7, 11) is 0. The van der Waals surface area contributed by atoms with Gasteiger partial charge in [-0.1, -0.05) is 0 Å². The summed E-state index contributed by atoms with van der Waals surface area (Å²) in [6, 6.07) is 3.68. The molecule has 0 amide bonds. The van der Waals surface area contributed by atoms with Gasteiger partial charge in [-0.15, -0.1) is 11.3 Å². The molecule has 15 heavy (non-hydrogen) atoms. The van der Waals surface area contributed by atoms with Crippen LogP contribution in [0.1, 0.15) is 27.9 Å².